The number of nitrogens with one attached hydrogen (secondary N) is 1. The minimum Gasteiger partial charge on any atom is -0.465 e. The van der Waals surface area contributed by atoms with Gasteiger partial charge in [-0.2, -0.15) is 0 Å². The first-order valence-corrected chi connectivity index (χ1v) is 7.73. The summed E-state index contributed by atoms with van der Waals surface area (Å²) < 4.78 is 4.75. The second-order valence-electron chi connectivity index (χ2n) is 5.29. The Balaban J connectivity index is 2.27. The van der Waals surface area contributed by atoms with Gasteiger partial charge in [-0.15, -0.1) is 0 Å². The van der Waals surface area contributed by atoms with E-state index >= 15 is 0 Å². The van der Waals surface area contributed by atoms with Gasteiger partial charge >= 0.3 is 5.97 Å². The van der Waals surface area contributed by atoms with Crippen LogP contribution >= 0.6 is 0 Å². The minimum atomic E-state index is -0.419. The van der Waals surface area contributed by atoms with Gasteiger partial charge in [-0.1, -0.05) is 18.2 Å². The third-order valence-corrected chi connectivity index (χ3v) is 3.67. The van der Waals surface area contributed by atoms with E-state index in [-0.39, 0.29) is 5.91 Å². The number of benzene rings is 1. The molecule has 1 aromatic carbocycles. The molecule has 1 N–H and O–H groups in total. The molecule has 1 amide bonds. The van der Waals surface area contributed by atoms with Crippen molar-refractivity contribution in [1.29, 1.82) is 0 Å². The van der Waals surface area contributed by atoms with Gasteiger partial charge in [0.15, 0.2) is 0 Å². The number of carbonyl (C=O) groups is 2. The first-order chi connectivity index (χ1) is 11.2. The number of ether oxygens (including phenoxy) is 1. The molecule has 0 saturated carbocycles. The highest BCUT2D eigenvalue weighted by Gasteiger charge is 2.18. The van der Waals surface area contributed by atoms with Crippen LogP contribution < -0.4 is 10.2 Å². The highest BCUT2D eigenvalue weighted by atomic mass is 16.5. The van der Waals surface area contributed by atoms with Crippen molar-refractivity contribution in [3.63, 3.8) is 0 Å². The SMILES string of the molecule is C/C=C\C=C\C(=O)Nc1cc(C(=O)OC)ccc1N1CCCC1. The number of allylic oxidation sites excluding steroid dienone is 3. The van der Waals surface area contributed by atoms with Gasteiger partial charge in [0, 0.05) is 19.2 Å². The summed E-state index contributed by atoms with van der Waals surface area (Å²) in [6.45, 7) is 3.79. The molecule has 23 heavy (non-hydrogen) atoms. The molecule has 1 aromatic rings. The number of amides is 1. The highest BCUT2D eigenvalue weighted by Crippen LogP contribution is 2.30. The standard InChI is InChI=1S/C18H22N2O3/c1-3-4-5-8-17(21)19-15-13-14(18(22)23-2)9-10-16(15)20-11-6-7-12-20/h3-5,8-10,13H,6-7,11-12H2,1-2H3,(H,19,21)/b4-3-,8-5+. The van der Waals surface area contributed by atoms with Crippen molar-refractivity contribution in [3.05, 3.63) is 48.1 Å². The summed E-state index contributed by atoms with van der Waals surface area (Å²) in [5.74, 6) is -0.650. The molecule has 0 bridgehead atoms. The van der Waals surface area contributed by atoms with Gasteiger partial charge in [-0.05, 0) is 38.0 Å². The van der Waals surface area contributed by atoms with Gasteiger partial charge in [0.2, 0.25) is 5.91 Å². The van der Waals surface area contributed by atoms with E-state index in [0.717, 1.165) is 31.6 Å². The normalized spacial score (nSPS) is 14.6. The largest absolute Gasteiger partial charge is 0.465 e. The minimum absolute atomic E-state index is 0.231. The maximum atomic E-state index is 12.0. The van der Waals surface area contributed by atoms with Crippen molar-refractivity contribution >= 4 is 23.3 Å². The second kappa shape index (κ2) is 8.17. The van der Waals surface area contributed by atoms with Crippen LogP contribution in [-0.2, 0) is 9.53 Å². The lowest BCUT2D eigenvalue weighted by atomic mass is 10.1. The first-order valence-electron chi connectivity index (χ1n) is 7.73. The van der Waals surface area contributed by atoms with Gasteiger partial charge in [0.1, 0.15) is 0 Å². The molecule has 5 heteroatoms. The molecular formula is C18H22N2O3. The summed E-state index contributed by atoms with van der Waals surface area (Å²) >= 11 is 0. The Hall–Kier alpha value is -2.56. The Kier molecular flexibility index (Phi) is 5.97. The fourth-order valence-corrected chi connectivity index (χ4v) is 2.54. The number of carbonyl (C=O) groups excluding carboxylic acids is 2. The van der Waals surface area contributed by atoms with E-state index in [0.29, 0.717) is 11.3 Å². The van der Waals surface area contributed by atoms with Crippen LogP contribution in [0.2, 0.25) is 0 Å². The van der Waals surface area contributed by atoms with E-state index < -0.39 is 5.97 Å². The average molecular weight is 314 g/mol. The molecule has 0 aliphatic carbocycles. The number of rotatable bonds is 5. The maximum Gasteiger partial charge on any atom is 0.337 e. The van der Waals surface area contributed by atoms with Gasteiger partial charge in [0.05, 0.1) is 24.0 Å². The second-order valence-corrected chi connectivity index (χ2v) is 5.29. The number of esters is 1. The van der Waals surface area contributed by atoms with Crippen LogP contribution in [0.15, 0.2) is 42.5 Å². The fraction of sp³-hybridized carbons (Fsp3) is 0.333. The number of anilines is 2. The summed E-state index contributed by atoms with van der Waals surface area (Å²) in [7, 11) is 1.34. The van der Waals surface area contributed by atoms with Crippen LogP contribution in [0.1, 0.15) is 30.1 Å². The predicted octanol–water partition coefficient (Wildman–Crippen LogP) is 3.14. The Bertz CT molecular complexity index is 629. The van der Waals surface area contributed by atoms with Gasteiger partial charge in [-0.3, -0.25) is 4.79 Å². The maximum absolute atomic E-state index is 12.0. The summed E-state index contributed by atoms with van der Waals surface area (Å²) in [4.78, 5) is 26.0. The van der Waals surface area contributed by atoms with E-state index in [1.165, 1.54) is 13.2 Å². The zero-order chi connectivity index (χ0) is 16.7. The van der Waals surface area contributed by atoms with Crippen LogP contribution in [0, 0.1) is 0 Å². The molecule has 0 aromatic heterocycles. The van der Waals surface area contributed by atoms with Gasteiger partial charge < -0.3 is 15.0 Å². The van der Waals surface area contributed by atoms with Gasteiger partial charge in [0.25, 0.3) is 0 Å². The molecule has 1 heterocycles. The molecule has 1 fully saturated rings. The van der Waals surface area contributed by atoms with Crippen molar-refractivity contribution in [2.45, 2.75) is 19.8 Å². The molecule has 1 saturated heterocycles. The first kappa shape index (κ1) is 16.8. The van der Waals surface area contributed by atoms with E-state index in [1.54, 1.807) is 24.3 Å². The highest BCUT2D eigenvalue weighted by molar-refractivity contribution is 6.03. The molecule has 1 aliphatic heterocycles. The van der Waals surface area contributed by atoms with Crippen LogP contribution in [0.3, 0.4) is 0 Å². The fourth-order valence-electron chi connectivity index (χ4n) is 2.54. The monoisotopic (exact) mass is 314 g/mol. The molecule has 1 aliphatic rings. The Morgan fingerprint density at radius 2 is 1.96 bits per heavy atom. The molecule has 122 valence electrons. The molecular weight excluding hydrogens is 292 g/mol. The zero-order valence-corrected chi connectivity index (χ0v) is 13.5. The van der Waals surface area contributed by atoms with Crippen molar-refractivity contribution in [3.8, 4) is 0 Å². The smallest absolute Gasteiger partial charge is 0.337 e. The van der Waals surface area contributed by atoms with E-state index in [1.807, 2.05) is 19.1 Å². The van der Waals surface area contributed by atoms with Gasteiger partial charge in [-0.25, -0.2) is 4.79 Å². The van der Waals surface area contributed by atoms with Crippen molar-refractivity contribution in [1.82, 2.24) is 0 Å². The van der Waals surface area contributed by atoms with Crippen LogP contribution in [0.4, 0.5) is 11.4 Å². The lowest BCUT2D eigenvalue weighted by Crippen LogP contribution is -2.21. The lowest BCUT2D eigenvalue weighted by molar-refractivity contribution is -0.111. The zero-order valence-electron chi connectivity index (χ0n) is 13.5. The Morgan fingerprint density at radius 3 is 2.61 bits per heavy atom. The van der Waals surface area contributed by atoms with Crippen molar-refractivity contribution in [2.75, 3.05) is 30.4 Å². The molecule has 0 unspecified atom stereocenters. The van der Waals surface area contributed by atoms with Crippen LogP contribution in [-0.4, -0.2) is 32.1 Å². The summed E-state index contributed by atoms with van der Waals surface area (Å²) in [6.07, 6.45) is 9.03. The van der Waals surface area contributed by atoms with E-state index in [2.05, 4.69) is 10.2 Å². The topological polar surface area (TPSA) is 58.6 Å². The third kappa shape index (κ3) is 4.45. The molecule has 2 rings (SSSR count). The third-order valence-electron chi connectivity index (χ3n) is 3.67. The van der Waals surface area contributed by atoms with Crippen molar-refractivity contribution < 1.29 is 14.3 Å². The van der Waals surface area contributed by atoms with Crippen LogP contribution in [0.25, 0.3) is 0 Å². The molecule has 5 nitrogen and oxygen atoms in total. The molecule has 0 spiro atoms. The van der Waals surface area contributed by atoms with Crippen LogP contribution in [0.5, 0.6) is 0 Å². The summed E-state index contributed by atoms with van der Waals surface area (Å²) in [5.41, 5.74) is 1.98. The summed E-state index contributed by atoms with van der Waals surface area (Å²) in [6, 6.07) is 5.26. The van der Waals surface area contributed by atoms with E-state index in [4.69, 9.17) is 4.74 Å². The van der Waals surface area contributed by atoms with E-state index in [9.17, 15) is 9.59 Å². The number of nitrogens with zero attached hydrogens (tertiary/aromatic N) is 1. The molecule has 0 atom stereocenters. The van der Waals surface area contributed by atoms with Crippen molar-refractivity contribution in [2.24, 2.45) is 0 Å². The number of hydrogen-bond acceptors (Lipinski definition) is 4. The predicted molar refractivity (Wildman–Crippen MR) is 91.8 cm³/mol. The lowest BCUT2D eigenvalue weighted by Gasteiger charge is -2.22. The average Bonchev–Trinajstić information content (AvgIpc) is 3.08. The summed E-state index contributed by atoms with van der Waals surface area (Å²) in [5, 5.41) is 2.86. The Morgan fingerprint density at radius 1 is 1.22 bits per heavy atom. The molecule has 0 radical (unpaired) electrons. The Labute approximate surface area is 136 Å². The quantitative estimate of drug-likeness (QED) is 0.515. The number of methoxy groups -OCH3 is 1. The number of hydrogen-bond donors (Lipinski definition) is 1.